The number of nitrogens with one attached hydrogen (secondary N) is 2. The van der Waals surface area contributed by atoms with Crippen LogP contribution in [0.15, 0.2) is 54.6 Å². The Kier molecular flexibility index (Phi) is 6.68. The van der Waals surface area contributed by atoms with Crippen molar-refractivity contribution >= 4 is 29.5 Å². The number of amides is 2. The van der Waals surface area contributed by atoms with Gasteiger partial charge < -0.3 is 15.4 Å². The van der Waals surface area contributed by atoms with E-state index in [0.717, 1.165) is 11.1 Å². The van der Waals surface area contributed by atoms with Gasteiger partial charge in [0.05, 0.1) is 7.11 Å². The highest BCUT2D eigenvalue weighted by Gasteiger charge is 2.08. The molecule has 0 aliphatic carbocycles. The van der Waals surface area contributed by atoms with Gasteiger partial charge in [-0.2, -0.15) is 0 Å². The fourth-order valence-electron chi connectivity index (χ4n) is 2.16. The van der Waals surface area contributed by atoms with Crippen molar-refractivity contribution in [3.8, 4) is 0 Å². The van der Waals surface area contributed by atoms with Gasteiger partial charge in [-0.05, 0) is 42.8 Å². The molecule has 2 rings (SSSR count). The number of ether oxygens (including phenoxy) is 1. The predicted octanol–water partition coefficient (Wildman–Crippen LogP) is 2.55. The molecular weight excluding hydrogens is 332 g/mol. The molecule has 26 heavy (non-hydrogen) atoms. The number of esters is 1. The standard InChI is InChI=1S/C20H20N2O4/c1-14-4-3-5-15(12-14)6-11-18(23)22-17-9-7-16(8-10-17)20(25)21-13-19(24)26-2/h3-12H,13H2,1-2H3,(H,21,25)(H,22,23)/b11-6+. The van der Waals surface area contributed by atoms with Gasteiger partial charge in [-0.3, -0.25) is 14.4 Å². The molecule has 2 amide bonds. The van der Waals surface area contributed by atoms with E-state index in [9.17, 15) is 14.4 Å². The fraction of sp³-hybridized carbons (Fsp3) is 0.150. The highest BCUT2D eigenvalue weighted by atomic mass is 16.5. The van der Waals surface area contributed by atoms with Gasteiger partial charge in [0.2, 0.25) is 5.91 Å². The molecular formula is C20H20N2O4. The number of carbonyl (C=O) groups is 3. The second-order valence-corrected chi connectivity index (χ2v) is 5.57. The second-order valence-electron chi connectivity index (χ2n) is 5.57. The summed E-state index contributed by atoms with van der Waals surface area (Å²) in [6.45, 7) is 1.79. The van der Waals surface area contributed by atoms with Crippen molar-refractivity contribution in [3.63, 3.8) is 0 Å². The van der Waals surface area contributed by atoms with Gasteiger partial charge >= 0.3 is 5.97 Å². The van der Waals surface area contributed by atoms with E-state index in [1.54, 1.807) is 30.3 Å². The van der Waals surface area contributed by atoms with Crippen LogP contribution in [0, 0.1) is 6.92 Å². The van der Waals surface area contributed by atoms with E-state index in [1.165, 1.54) is 13.2 Å². The number of carbonyl (C=O) groups excluding carboxylic acids is 3. The molecule has 0 bridgehead atoms. The Morgan fingerprint density at radius 1 is 1.08 bits per heavy atom. The Morgan fingerprint density at radius 3 is 2.46 bits per heavy atom. The van der Waals surface area contributed by atoms with Crippen LogP contribution in [0.3, 0.4) is 0 Å². The minimum Gasteiger partial charge on any atom is -0.468 e. The Bertz CT molecular complexity index is 826. The molecule has 0 heterocycles. The molecule has 0 fully saturated rings. The van der Waals surface area contributed by atoms with Crippen LogP contribution in [-0.4, -0.2) is 31.4 Å². The quantitative estimate of drug-likeness (QED) is 0.618. The number of benzene rings is 2. The smallest absolute Gasteiger partial charge is 0.325 e. The average molecular weight is 352 g/mol. The van der Waals surface area contributed by atoms with Crippen molar-refractivity contribution in [2.24, 2.45) is 0 Å². The predicted molar refractivity (Wildman–Crippen MR) is 99.6 cm³/mol. The number of aryl methyl sites for hydroxylation is 1. The molecule has 6 heteroatoms. The van der Waals surface area contributed by atoms with Crippen LogP contribution in [0.4, 0.5) is 5.69 Å². The Morgan fingerprint density at radius 2 is 1.81 bits per heavy atom. The Hall–Kier alpha value is -3.41. The van der Waals surface area contributed by atoms with Crippen molar-refractivity contribution in [3.05, 3.63) is 71.3 Å². The van der Waals surface area contributed by atoms with Crippen LogP contribution in [0.2, 0.25) is 0 Å². The zero-order valence-corrected chi connectivity index (χ0v) is 14.6. The summed E-state index contributed by atoms with van der Waals surface area (Å²) in [5.41, 5.74) is 3.00. The lowest BCUT2D eigenvalue weighted by atomic mass is 10.1. The molecule has 0 saturated heterocycles. The van der Waals surface area contributed by atoms with Gasteiger partial charge in [0.25, 0.3) is 5.91 Å². The molecule has 2 N–H and O–H groups in total. The van der Waals surface area contributed by atoms with E-state index < -0.39 is 11.9 Å². The molecule has 0 aliphatic heterocycles. The van der Waals surface area contributed by atoms with Gasteiger partial charge in [0.1, 0.15) is 6.54 Å². The highest BCUT2D eigenvalue weighted by Crippen LogP contribution is 2.10. The van der Waals surface area contributed by atoms with Crippen LogP contribution in [0.25, 0.3) is 6.08 Å². The maximum absolute atomic E-state index is 12.0. The minimum absolute atomic E-state index is 0.197. The van der Waals surface area contributed by atoms with Crippen molar-refractivity contribution in [1.29, 1.82) is 0 Å². The van der Waals surface area contributed by atoms with Crippen LogP contribution >= 0.6 is 0 Å². The van der Waals surface area contributed by atoms with Crippen LogP contribution in [0.1, 0.15) is 21.5 Å². The summed E-state index contributed by atoms with van der Waals surface area (Å²) < 4.78 is 4.45. The first-order valence-electron chi connectivity index (χ1n) is 7.99. The average Bonchev–Trinajstić information content (AvgIpc) is 2.65. The van der Waals surface area contributed by atoms with Gasteiger partial charge in [0, 0.05) is 17.3 Å². The lowest BCUT2D eigenvalue weighted by molar-refractivity contribution is -0.139. The van der Waals surface area contributed by atoms with Gasteiger partial charge in [-0.1, -0.05) is 29.8 Å². The van der Waals surface area contributed by atoms with Crippen molar-refractivity contribution in [1.82, 2.24) is 5.32 Å². The summed E-state index contributed by atoms with van der Waals surface area (Å²) in [6.07, 6.45) is 3.18. The van der Waals surface area contributed by atoms with Gasteiger partial charge in [-0.15, -0.1) is 0 Å². The Balaban J connectivity index is 1.91. The normalized spacial score (nSPS) is 10.4. The maximum atomic E-state index is 12.0. The van der Waals surface area contributed by atoms with Gasteiger partial charge in [0.15, 0.2) is 0 Å². The molecule has 2 aromatic carbocycles. The summed E-state index contributed by atoms with van der Waals surface area (Å²) in [7, 11) is 1.25. The fourth-order valence-corrected chi connectivity index (χ4v) is 2.16. The first kappa shape index (κ1) is 18.9. The number of methoxy groups -OCH3 is 1. The molecule has 0 radical (unpaired) electrons. The van der Waals surface area contributed by atoms with E-state index >= 15 is 0 Å². The maximum Gasteiger partial charge on any atom is 0.325 e. The van der Waals surface area contributed by atoms with Crippen molar-refractivity contribution in [2.75, 3.05) is 19.0 Å². The number of anilines is 1. The lowest BCUT2D eigenvalue weighted by Gasteiger charge is -2.06. The molecule has 0 atom stereocenters. The molecule has 0 unspecified atom stereocenters. The third-order valence-electron chi connectivity index (χ3n) is 3.50. The van der Waals surface area contributed by atoms with Crippen LogP contribution < -0.4 is 10.6 Å². The first-order valence-corrected chi connectivity index (χ1v) is 7.99. The summed E-state index contributed by atoms with van der Waals surface area (Å²) in [6, 6.07) is 14.2. The van der Waals surface area contributed by atoms with Crippen LogP contribution in [-0.2, 0) is 14.3 Å². The van der Waals surface area contributed by atoms with Crippen LogP contribution in [0.5, 0.6) is 0 Å². The molecule has 0 spiro atoms. The number of hydrogen-bond acceptors (Lipinski definition) is 4. The zero-order valence-electron chi connectivity index (χ0n) is 14.6. The van der Waals surface area contributed by atoms with Crippen molar-refractivity contribution < 1.29 is 19.1 Å². The molecule has 2 aromatic rings. The van der Waals surface area contributed by atoms with E-state index in [2.05, 4.69) is 15.4 Å². The second kappa shape index (κ2) is 9.17. The summed E-state index contributed by atoms with van der Waals surface area (Å²) in [4.78, 5) is 34.9. The van der Waals surface area contributed by atoms with Gasteiger partial charge in [-0.25, -0.2) is 0 Å². The summed E-state index contributed by atoms with van der Waals surface area (Å²) >= 11 is 0. The number of hydrogen-bond donors (Lipinski definition) is 2. The van der Waals surface area contributed by atoms with E-state index in [0.29, 0.717) is 11.3 Å². The molecule has 134 valence electrons. The van der Waals surface area contributed by atoms with E-state index in [4.69, 9.17) is 0 Å². The minimum atomic E-state index is -0.525. The highest BCUT2D eigenvalue weighted by molar-refractivity contribution is 6.02. The zero-order chi connectivity index (χ0) is 18.9. The lowest BCUT2D eigenvalue weighted by Crippen LogP contribution is -2.30. The largest absolute Gasteiger partial charge is 0.468 e. The van der Waals surface area contributed by atoms with E-state index in [-0.39, 0.29) is 12.5 Å². The SMILES string of the molecule is COC(=O)CNC(=O)c1ccc(NC(=O)/C=C/c2cccc(C)c2)cc1. The Labute approximate surface area is 151 Å². The first-order chi connectivity index (χ1) is 12.5. The molecule has 0 saturated carbocycles. The summed E-state index contributed by atoms with van der Waals surface area (Å²) in [5, 5.41) is 5.16. The topological polar surface area (TPSA) is 84.5 Å². The molecule has 6 nitrogen and oxygen atoms in total. The number of rotatable bonds is 6. The van der Waals surface area contributed by atoms with Crippen molar-refractivity contribution in [2.45, 2.75) is 6.92 Å². The molecule has 0 aromatic heterocycles. The third kappa shape index (κ3) is 5.90. The summed E-state index contributed by atoms with van der Waals surface area (Å²) in [5.74, 6) is -1.19. The van der Waals surface area contributed by atoms with E-state index in [1.807, 2.05) is 31.2 Å². The molecule has 0 aliphatic rings. The third-order valence-corrected chi connectivity index (χ3v) is 3.50. The monoisotopic (exact) mass is 352 g/mol.